The van der Waals surface area contributed by atoms with E-state index >= 15 is 0 Å². The van der Waals surface area contributed by atoms with E-state index in [0.717, 1.165) is 32.1 Å². The van der Waals surface area contributed by atoms with Crippen LogP contribution in [-0.4, -0.2) is 49.3 Å². The van der Waals surface area contributed by atoms with Gasteiger partial charge in [0.25, 0.3) is 0 Å². The molecule has 66 heavy (non-hydrogen) atoms. The molecule has 0 aliphatic heterocycles. The molecule has 2 atom stereocenters. The van der Waals surface area contributed by atoms with Gasteiger partial charge in [0.05, 0.1) is 13.2 Å². The molecule has 0 aromatic heterocycles. The highest BCUT2D eigenvalue weighted by Gasteiger charge is 2.26. The first-order valence-electron chi connectivity index (χ1n) is 29.0. The van der Waals surface area contributed by atoms with Crippen LogP contribution in [0.25, 0.3) is 0 Å². The second-order valence-corrected chi connectivity index (χ2v) is 21.3. The van der Waals surface area contributed by atoms with Gasteiger partial charge in [-0.25, -0.2) is 4.57 Å². The third-order valence-corrected chi connectivity index (χ3v) is 14.2. The molecule has 0 saturated heterocycles. The topological polar surface area (TPSA) is 134 Å². The van der Waals surface area contributed by atoms with Crippen LogP contribution in [0.15, 0.2) is 0 Å². The van der Waals surface area contributed by atoms with E-state index in [2.05, 4.69) is 13.8 Å². The first kappa shape index (κ1) is 65.0. The number of carbonyl (C=O) groups excluding carboxylic acids is 2. The lowest BCUT2D eigenvalue weighted by atomic mass is 10.0. The standard InChI is InChI=1S/C56H112NO8P/c1-3-5-7-9-11-13-15-17-19-21-23-25-27-29-31-33-35-37-39-41-43-45-47-49-56(59)65-54(53-64-66(60,61)63-51-50-57)52-62-55(58)48-46-44-42-40-38-36-34-32-30-28-26-24-22-20-18-16-14-12-10-8-6-4-2/h54H,3-53,57H2,1-2H3,(H,60,61)/t54-/m1/s1. The van der Waals surface area contributed by atoms with E-state index in [4.69, 9.17) is 24.3 Å². The first-order valence-corrected chi connectivity index (χ1v) is 30.5. The molecular weight excluding hydrogens is 846 g/mol. The van der Waals surface area contributed by atoms with Crippen molar-refractivity contribution < 1.29 is 37.6 Å². The molecule has 0 aromatic rings. The minimum Gasteiger partial charge on any atom is -0.462 e. The minimum absolute atomic E-state index is 0.0586. The molecule has 0 saturated carbocycles. The maximum absolute atomic E-state index is 12.7. The van der Waals surface area contributed by atoms with E-state index in [1.165, 1.54) is 250 Å². The largest absolute Gasteiger partial charge is 0.472 e. The van der Waals surface area contributed by atoms with E-state index < -0.39 is 26.5 Å². The predicted octanol–water partition coefficient (Wildman–Crippen LogP) is 17.9. The Morgan fingerprint density at radius 2 is 0.652 bits per heavy atom. The molecular formula is C56H112NO8P. The van der Waals surface area contributed by atoms with Gasteiger partial charge in [0.15, 0.2) is 6.10 Å². The molecule has 0 fully saturated rings. The molecule has 0 amide bonds. The molecule has 1 unspecified atom stereocenters. The van der Waals surface area contributed by atoms with Crippen molar-refractivity contribution in [3.63, 3.8) is 0 Å². The SMILES string of the molecule is CCCCCCCCCCCCCCCCCCCCCCCCCC(=O)O[C@H](COC(=O)CCCCCCCCCCCCCCCCCCCCCCCC)COP(=O)(O)OCCN. The summed E-state index contributed by atoms with van der Waals surface area (Å²) < 4.78 is 33.0. The van der Waals surface area contributed by atoms with Crippen molar-refractivity contribution in [1.29, 1.82) is 0 Å². The van der Waals surface area contributed by atoms with Gasteiger partial charge >= 0.3 is 19.8 Å². The molecule has 394 valence electrons. The summed E-state index contributed by atoms with van der Waals surface area (Å²) in [6, 6.07) is 0. The fourth-order valence-electron chi connectivity index (χ4n) is 8.93. The molecule has 0 aromatic carbocycles. The van der Waals surface area contributed by atoms with Crippen molar-refractivity contribution in [3.05, 3.63) is 0 Å². The molecule has 9 nitrogen and oxygen atoms in total. The summed E-state index contributed by atoms with van der Waals surface area (Å²) in [5.41, 5.74) is 5.38. The lowest BCUT2D eigenvalue weighted by molar-refractivity contribution is -0.161. The Morgan fingerprint density at radius 3 is 0.924 bits per heavy atom. The summed E-state index contributed by atoms with van der Waals surface area (Å²) >= 11 is 0. The van der Waals surface area contributed by atoms with Crippen LogP contribution in [-0.2, 0) is 32.7 Å². The quantitative estimate of drug-likeness (QED) is 0.0347. The van der Waals surface area contributed by atoms with Crippen molar-refractivity contribution in [2.45, 2.75) is 322 Å². The second kappa shape index (κ2) is 53.4. The first-order chi connectivity index (χ1) is 32.3. The fraction of sp³-hybridized carbons (Fsp3) is 0.964. The molecule has 0 spiro atoms. The Kier molecular flexibility index (Phi) is 52.6. The number of rotatable bonds is 56. The number of nitrogens with two attached hydrogens (primary N) is 1. The lowest BCUT2D eigenvalue weighted by Crippen LogP contribution is -2.29. The van der Waals surface area contributed by atoms with Crippen molar-refractivity contribution in [2.24, 2.45) is 5.73 Å². The van der Waals surface area contributed by atoms with Crippen LogP contribution < -0.4 is 5.73 Å². The minimum atomic E-state index is -4.38. The Morgan fingerprint density at radius 1 is 0.394 bits per heavy atom. The van der Waals surface area contributed by atoms with Crippen molar-refractivity contribution in [1.82, 2.24) is 0 Å². The summed E-state index contributed by atoms with van der Waals surface area (Å²) in [5.74, 6) is -0.802. The van der Waals surface area contributed by atoms with Crippen LogP contribution in [0.3, 0.4) is 0 Å². The number of hydrogen-bond acceptors (Lipinski definition) is 8. The van der Waals surface area contributed by atoms with Crippen LogP contribution >= 0.6 is 7.82 Å². The lowest BCUT2D eigenvalue weighted by Gasteiger charge is -2.19. The monoisotopic (exact) mass is 958 g/mol. The molecule has 10 heteroatoms. The molecule has 3 N–H and O–H groups in total. The average Bonchev–Trinajstić information content (AvgIpc) is 3.31. The maximum Gasteiger partial charge on any atom is 0.472 e. The number of unbranched alkanes of at least 4 members (excludes halogenated alkanes) is 43. The Balaban J connectivity index is 3.91. The summed E-state index contributed by atoms with van der Waals surface area (Å²) in [6.45, 7) is 3.83. The Bertz CT molecular complexity index is 1050. The summed E-state index contributed by atoms with van der Waals surface area (Å²) in [5, 5.41) is 0. The van der Waals surface area contributed by atoms with Gasteiger partial charge in [-0.05, 0) is 12.8 Å². The van der Waals surface area contributed by atoms with Gasteiger partial charge in [0.1, 0.15) is 6.61 Å². The fourth-order valence-corrected chi connectivity index (χ4v) is 9.70. The normalized spacial score (nSPS) is 13.0. The third-order valence-electron chi connectivity index (χ3n) is 13.2. The van der Waals surface area contributed by atoms with Crippen LogP contribution in [0.2, 0.25) is 0 Å². The number of phosphoric acid groups is 1. The zero-order chi connectivity index (χ0) is 48.1. The van der Waals surface area contributed by atoms with Crippen molar-refractivity contribution >= 4 is 19.8 Å². The average molecular weight is 958 g/mol. The van der Waals surface area contributed by atoms with E-state index in [-0.39, 0.29) is 38.6 Å². The van der Waals surface area contributed by atoms with Gasteiger partial charge in [-0.1, -0.05) is 290 Å². The third kappa shape index (κ3) is 52.4. The zero-order valence-corrected chi connectivity index (χ0v) is 44.9. The highest BCUT2D eigenvalue weighted by atomic mass is 31.2. The van der Waals surface area contributed by atoms with Gasteiger partial charge in [-0.3, -0.25) is 18.6 Å². The highest BCUT2D eigenvalue weighted by molar-refractivity contribution is 7.47. The number of carbonyl (C=O) groups is 2. The number of esters is 2. The van der Waals surface area contributed by atoms with Crippen molar-refractivity contribution in [2.75, 3.05) is 26.4 Å². The number of ether oxygens (including phenoxy) is 2. The van der Waals surface area contributed by atoms with Gasteiger partial charge < -0.3 is 20.1 Å². The predicted molar refractivity (Wildman–Crippen MR) is 280 cm³/mol. The van der Waals surface area contributed by atoms with E-state index in [1.54, 1.807) is 0 Å². The number of hydrogen-bond donors (Lipinski definition) is 2. The summed E-state index contributed by atoms with van der Waals surface area (Å²) in [7, 11) is -4.38. The van der Waals surface area contributed by atoms with E-state index in [1.807, 2.05) is 0 Å². The van der Waals surface area contributed by atoms with Gasteiger partial charge in [-0.15, -0.1) is 0 Å². The van der Waals surface area contributed by atoms with Crippen molar-refractivity contribution in [3.8, 4) is 0 Å². The van der Waals surface area contributed by atoms with E-state index in [0.29, 0.717) is 6.42 Å². The molecule has 0 aliphatic rings. The summed E-state index contributed by atoms with van der Waals surface area (Å²) in [4.78, 5) is 35.2. The van der Waals surface area contributed by atoms with Gasteiger partial charge in [0.2, 0.25) is 0 Å². The van der Waals surface area contributed by atoms with Gasteiger partial charge in [-0.2, -0.15) is 0 Å². The maximum atomic E-state index is 12.7. The van der Waals surface area contributed by atoms with Crippen LogP contribution in [0, 0.1) is 0 Å². The van der Waals surface area contributed by atoms with Crippen LogP contribution in [0.1, 0.15) is 316 Å². The molecule has 0 aliphatic carbocycles. The zero-order valence-electron chi connectivity index (χ0n) is 44.0. The van der Waals surface area contributed by atoms with Crippen LogP contribution in [0.5, 0.6) is 0 Å². The van der Waals surface area contributed by atoms with Crippen LogP contribution in [0.4, 0.5) is 0 Å². The Labute approximate surface area is 409 Å². The summed E-state index contributed by atoms with van der Waals surface area (Å²) in [6.07, 6.45) is 58.7. The molecule has 0 rings (SSSR count). The molecule has 0 heterocycles. The molecule has 0 radical (unpaired) electrons. The van der Waals surface area contributed by atoms with Gasteiger partial charge in [0, 0.05) is 19.4 Å². The van der Waals surface area contributed by atoms with E-state index in [9.17, 15) is 19.0 Å². The highest BCUT2D eigenvalue weighted by Crippen LogP contribution is 2.43. The smallest absolute Gasteiger partial charge is 0.462 e. The Hall–Kier alpha value is -0.990. The molecule has 0 bridgehead atoms. The second-order valence-electron chi connectivity index (χ2n) is 19.9. The number of phosphoric ester groups is 1.